The molecule has 0 fully saturated rings. The summed E-state index contributed by atoms with van der Waals surface area (Å²) in [5.74, 6) is 0.104. The van der Waals surface area contributed by atoms with Crippen LogP contribution in [0, 0.1) is 5.82 Å². The first-order valence-corrected chi connectivity index (χ1v) is 7.95. The summed E-state index contributed by atoms with van der Waals surface area (Å²) >= 11 is 0. The zero-order valence-corrected chi connectivity index (χ0v) is 12.1. The lowest BCUT2D eigenvalue weighted by Gasteiger charge is -2.07. The van der Waals surface area contributed by atoms with Gasteiger partial charge in [-0.2, -0.15) is 8.42 Å². The molecule has 0 amide bonds. The third kappa shape index (κ3) is 4.80. The summed E-state index contributed by atoms with van der Waals surface area (Å²) in [4.78, 5) is 4.11. The van der Waals surface area contributed by atoms with Gasteiger partial charge in [0.1, 0.15) is 24.8 Å². The van der Waals surface area contributed by atoms with Crippen molar-refractivity contribution in [3.05, 3.63) is 48.4 Å². The number of nitrogens with zero attached hydrogens (tertiary/aromatic N) is 1. The van der Waals surface area contributed by atoms with Gasteiger partial charge in [0, 0.05) is 5.56 Å². The van der Waals surface area contributed by atoms with E-state index in [4.69, 9.17) is 4.74 Å². The molecule has 1 heterocycles. The van der Waals surface area contributed by atoms with Gasteiger partial charge in [0.05, 0.1) is 18.1 Å². The third-order valence-electron chi connectivity index (χ3n) is 2.54. The maximum absolute atomic E-state index is 13.6. The molecule has 2 aromatic rings. The zero-order chi connectivity index (χ0) is 15.3. The molecule has 0 aliphatic heterocycles. The average molecular weight is 311 g/mol. The molecule has 0 bridgehead atoms. The van der Waals surface area contributed by atoms with Crippen LogP contribution in [0.15, 0.2) is 42.6 Å². The number of rotatable bonds is 6. The van der Waals surface area contributed by atoms with E-state index in [0.717, 1.165) is 6.26 Å². The third-order valence-corrected chi connectivity index (χ3v) is 3.13. The fourth-order valence-electron chi connectivity index (χ4n) is 1.64. The standard InChI is InChI=1S/C14H14FNO4S/c1-21(17,18)20-9-8-19-11-6-7-14(16-10-11)12-4-2-3-5-13(12)15/h2-7,10H,8-9H2,1H3. The molecule has 0 saturated heterocycles. The summed E-state index contributed by atoms with van der Waals surface area (Å²) in [7, 11) is -3.46. The summed E-state index contributed by atoms with van der Waals surface area (Å²) < 4.78 is 44.9. The van der Waals surface area contributed by atoms with Gasteiger partial charge in [-0.25, -0.2) is 4.39 Å². The number of benzene rings is 1. The van der Waals surface area contributed by atoms with Crippen LogP contribution in [0.5, 0.6) is 5.75 Å². The summed E-state index contributed by atoms with van der Waals surface area (Å²) in [6, 6.07) is 9.60. The second-order valence-corrected chi connectivity index (χ2v) is 5.88. The minimum Gasteiger partial charge on any atom is -0.490 e. The highest BCUT2D eigenvalue weighted by atomic mass is 32.2. The number of hydrogen-bond acceptors (Lipinski definition) is 5. The number of pyridine rings is 1. The Bertz CT molecular complexity index is 701. The lowest BCUT2D eigenvalue weighted by Crippen LogP contribution is -2.11. The summed E-state index contributed by atoms with van der Waals surface area (Å²) in [6.45, 7) is 0.00168. The van der Waals surface area contributed by atoms with E-state index in [1.807, 2.05) is 0 Å². The lowest BCUT2D eigenvalue weighted by molar-refractivity contribution is 0.222. The molecular weight excluding hydrogens is 297 g/mol. The van der Waals surface area contributed by atoms with Crippen molar-refractivity contribution in [3.8, 4) is 17.0 Å². The SMILES string of the molecule is CS(=O)(=O)OCCOc1ccc(-c2ccccc2F)nc1. The van der Waals surface area contributed by atoms with Crippen molar-refractivity contribution in [2.45, 2.75) is 0 Å². The second-order valence-electron chi connectivity index (χ2n) is 4.23. The van der Waals surface area contributed by atoms with Crippen LogP contribution in [-0.4, -0.2) is 32.9 Å². The van der Waals surface area contributed by atoms with Crippen molar-refractivity contribution in [1.82, 2.24) is 4.98 Å². The van der Waals surface area contributed by atoms with Gasteiger partial charge in [-0.05, 0) is 24.3 Å². The summed E-state index contributed by atoms with van der Waals surface area (Å²) in [5.41, 5.74) is 0.900. The number of halogens is 1. The molecule has 0 aliphatic rings. The Morgan fingerprint density at radius 2 is 1.90 bits per heavy atom. The fourth-order valence-corrected chi connectivity index (χ4v) is 2.01. The molecule has 1 aromatic heterocycles. The van der Waals surface area contributed by atoms with E-state index in [2.05, 4.69) is 9.17 Å². The summed E-state index contributed by atoms with van der Waals surface area (Å²) in [6.07, 6.45) is 2.42. The van der Waals surface area contributed by atoms with Crippen molar-refractivity contribution in [2.24, 2.45) is 0 Å². The minimum atomic E-state index is -3.46. The first-order chi connectivity index (χ1) is 9.96. The van der Waals surface area contributed by atoms with E-state index in [9.17, 15) is 12.8 Å². The lowest BCUT2D eigenvalue weighted by atomic mass is 10.1. The maximum Gasteiger partial charge on any atom is 0.264 e. The normalized spacial score (nSPS) is 11.3. The molecule has 21 heavy (non-hydrogen) atoms. The van der Waals surface area contributed by atoms with Gasteiger partial charge in [0.15, 0.2) is 0 Å². The highest BCUT2D eigenvalue weighted by molar-refractivity contribution is 7.85. The van der Waals surface area contributed by atoms with Crippen molar-refractivity contribution >= 4 is 10.1 Å². The van der Waals surface area contributed by atoms with E-state index >= 15 is 0 Å². The molecule has 7 heteroatoms. The highest BCUT2D eigenvalue weighted by Crippen LogP contribution is 2.22. The number of aromatic nitrogens is 1. The van der Waals surface area contributed by atoms with Crippen LogP contribution < -0.4 is 4.74 Å². The van der Waals surface area contributed by atoms with Crippen LogP contribution in [0.4, 0.5) is 4.39 Å². The van der Waals surface area contributed by atoms with Crippen LogP contribution in [0.3, 0.4) is 0 Å². The van der Waals surface area contributed by atoms with Gasteiger partial charge >= 0.3 is 0 Å². The minimum absolute atomic E-state index is 0.0755. The maximum atomic E-state index is 13.6. The molecule has 0 radical (unpaired) electrons. The van der Waals surface area contributed by atoms with Crippen molar-refractivity contribution in [3.63, 3.8) is 0 Å². The number of ether oxygens (including phenoxy) is 1. The molecule has 5 nitrogen and oxygen atoms in total. The van der Waals surface area contributed by atoms with Crippen molar-refractivity contribution in [1.29, 1.82) is 0 Å². The Morgan fingerprint density at radius 1 is 1.14 bits per heavy atom. The van der Waals surface area contributed by atoms with Crippen LogP contribution in [0.2, 0.25) is 0 Å². The molecule has 0 atom stereocenters. The van der Waals surface area contributed by atoms with E-state index in [0.29, 0.717) is 17.0 Å². The van der Waals surface area contributed by atoms with Crippen LogP contribution in [0.25, 0.3) is 11.3 Å². The molecule has 0 aliphatic carbocycles. The Morgan fingerprint density at radius 3 is 2.52 bits per heavy atom. The average Bonchev–Trinajstić information content (AvgIpc) is 2.44. The van der Waals surface area contributed by atoms with Gasteiger partial charge in [-0.15, -0.1) is 0 Å². The Hall–Kier alpha value is -1.99. The van der Waals surface area contributed by atoms with Crippen molar-refractivity contribution < 1.29 is 21.7 Å². The molecule has 0 saturated carbocycles. The molecule has 2 rings (SSSR count). The topological polar surface area (TPSA) is 65.5 Å². The van der Waals surface area contributed by atoms with Gasteiger partial charge in [0.2, 0.25) is 0 Å². The van der Waals surface area contributed by atoms with Gasteiger partial charge in [-0.3, -0.25) is 9.17 Å². The molecule has 0 unspecified atom stereocenters. The van der Waals surface area contributed by atoms with Gasteiger partial charge in [0.25, 0.3) is 10.1 Å². The predicted octanol–water partition coefficient (Wildman–Crippen LogP) is 2.24. The molecule has 0 spiro atoms. The monoisotopic (exact) mass is 311 g/mol. The zero-order valence-electron chi connectivity index (χ0n) is 11.3. The first-order valence-electron chi connectivity index (χ1n) is 6.14. The smallest absolute Gasteiger partial charge is 0.264 e. The van der Waals surface area contributed by atoms with Crippen LogP contribution in [-0.2, 0) is 14.3 Å². The quantitative estimate of drug-likeness (QED) is 0.604. The summed E-state index contributed by atoms with van der Waals surface area (Å²) in [5, 5.41) is 0. The van der Waals surface area contributed by atoms with Crippen LogP contribution >= 0.6 is 0 Å². The van der Waals surface area contributed by atoms with Crippen LogP contribution in [0.1, 0.15) is 0 Å². The van der Waals surface area contributed by atoms with Crippen molar-refractivity contribution in [2.75, 3.05) is 19.5 Å². The fraction of sp³-hybridized carbons (Fsp3) is 0.214. The first kappa shape index (κ1) is 15.4. The molecule has 112 valence electrons. The van der Waals surface area contributed by atoms with Gasteiger partial charge < -0.3 is 4.74 Å². The predicted molar refractivity (Wildman–Crippen MR) is 75.9 cm³/mol. The number of hydrogen-bond donors (Lipinski definition) is 0. The molecule has 0 N–H and O–H groups in total. The van der Waals surface area contributed by atoms with E-state index in [1.165, 1.54) is 12.3 Å². The van der Waals surface area contributed by atoms with E-state index < -0.39 is 10.1 Å². The Kier molecular flexibility index (Phi) is 4.87. The molecular formula is C14H14FNO4S. The van der Waals surface area contributed by atoms with Gasteiger partial charge in [-0.1, -0.05) is 12.1 Å². The largest absolute Gasteiger partial charge is 0.490 e. The molecule has 1 aromatic carbocycles. The second kappa shape index (κ2) is 6.64. The van der Waals surface area contributed by atoms with E-state index in [1.54, 1.807) is 30.3 Å². The Labute approximate surface area is 122 Å². The highest BCUT2D eigenvalue weighted by Gasteiger charge is 2.06. The van der Waals surface area contributed by atoms with E-state index in [-0.39, 0.29) is 19.0 Å². The Balaban J connectivity index is 1.95.